The minimum atomic E-state index is -0.872. The maximum atomic E-state index is 13.6. The van der Waals surface area contributed by atoms with Crippen molar-refractivity contribution in [2.24, 2.45) is 0 Å². The van der Waals surface area contributed by atoms with Gasteiger partial charge in [-0.3, -0.25) is 9.69 Å². The van der Waals surface area contributed by atoms with E-state index in [4.69, 9.17) is 0 Å². The van der Waals surface area contributed by atoms with Crippen LogP contribution in [-0.2, 0) is 11.2 Å². The average molecular weight is 338 g/mol. The SMILES string of the molecule is O=C(CCc1cccc(F)c1F)N1CCN([C@@H]2CCC[C@H]2O)CC1. The van der Waals surface area contributed by atoms with Crippen LogP contribution < -0.4 is 0 Å². The van der Waals surface area contributed by atoms with Gasteiger partial charge in [0.05, 0.1) is 6.10 Å². The third-order valence-corrected chi connectivity index (χ3v) is 5.22. The van der Waals surface area contributed by atoms with Crippen LogP contribution in [0.25, 0.3) is 0 Å². The summed E-state index contributed by atoms with van der Waals surface area (Å²) >= 11 is 0. The number of nitrogens with zero attached hydrogens (tertiary/aromatic N) is 2. The average Bonchev–Trinajstić information content (AvgIpc) is 3.02. The van der Waals surface area contributed by atoms with Crippen LogP contribution in [0.1, 0.15) is 31.2 Å². The molecule has 0 bridgehead atoms. The van der Waals surface area contributed by atoms with E-state index in [1.54, 1.807) is 4.90 Å². The normalized spacial score (nSPS) is 25.2. The fraction of sp³-hybridized carbons (Fsp3) is 0.611. The van der Waals surface area contributed by atoms with Gasteiger partial charge in [-0.2, -0.15) is 0 Å². The monoisotopic (exact) mass is 338 g/mol. The van der Waals surface area contributed by atoms with Crippen LogP contribution in [0.2, 0.25) is 0 Å². The molecule has 2 atom stereocenters. The standard InChI is InChI=1S/C18H24F2N2O2/c19-14-4-1-3-13(18(14)20)7-8-17(24)22-11-9-21(10-12-22)15-5-2-6-16(15)23/h1,3-4,15-16,23H,2,5-12H2/t15-,16-/m1/s1. The molecule has 1 aliphatic heterocycles. The third kappa shape index (κ3) is 3.75. The second-order valence-electron chi connectivity index (χ2n) is 6.70. The van der Waals surface area contributed by atoms with Crippen molar-refractivity contribution >= 4 is 5.91 Å². The van der Waals surface area contributed by atoms with Crippen molar-refractivity contribution in [3.05, 3.63) is 35.4 Å². The number of carbonyl (C=O) groups is 1. The smallest absolute Gasteiger partial charge is 0.222 e. The van der Waals surface area contributed by atoms with Crippen molar-refractivity contribution in [2.75, 3.05) is 26.2 Å². The Hall–Kier alpha value is -1.53. The van der Waals surface area contributed by atoms with E-state index in [2.05, 4.69) is 4.90 Å². The van der Waals surface area contributed by atoms with Gasteiger partial charge in [0.1, 0.15) is 0 Å². The van der Waals surface area contributed by atoms with Gasteiger partial charge < -0.3 is 10.0 Å². The number of amides is 1. The van der Waals surface area contributed by atoms with E-state index in [1.165, 1.54) is 12.1 Å². The highest BCUT2D eigenvalue weighted by atomic mass is 19.2. The zero-order valence-electron chi connectivity index (χ0n) is 13.8. The van der Waals surface area contributed by atoms with Gasteiger partial charge in [0, 0.05) is 38.6 Å². The number of aryl methyl sites for hydroxylation is 1. The fourth-order valence-corrected chi connectivity index (χ4v) is 3.79. The summed E-state index contributed by atoms with van der Waals surface area (Å²) in [6, 6.07) is 4.29. The van der Waals surface area contributed by atoms with Crippen LogP contribution in [0.5, 0.6) is 0 Å². The van der Waals surface area contributed by atoms with E-state index in [0.717, 1.165) is 38.4 Å². The lowest BCUT2D eigenvalue weighted by atomic mass is 10.1. The summed E-state index contributed by atoms with van der Waals surface area (Å²) in [5, 5.41) is 9.99. The summed E-state index contributed by atoms with van der Waals surface area (Å²) < 4.78 is 26.8. The van der Waals surface area contributed by atoms with E-state index in [1.807, 2.05) is 0 Å². The van der Waals surface area contributed by atoms with Gasteiger partial charge in [0.15, 0.2) is 11.6 Å². The Kier molecular flexibility index (Phi) is 5.46. The molecule has 2 aliphatic rings. The van der Waals surface area contributed by atoms with E-state index in [0.29, 0.717) is 13.1 Å². The Morgan fingerprint density at radius 3 is 2.58 bits per heavy atom. The molecular weight excluding hydrogens is 314 g/mol. The van der Waals surface area contributed by atoms with Gasteiger partial charge in [0.25, 0.3) is 0 Å². The highest BCUT2D eigenvalue weighted by Gasteiger charge is 2.33. The lowest BCUT2D eigenvalue weighted by molar-refractivity contribution is -0.133. The fourth-order valence-electron chi connectivity index (χ4n) is 3.79. The second-order valence-corrected chi connectivity index (χ2v) is 6.70. The first-order valence-corrected chi connectivity index (χ1v) is 8.69. The highest BCUT2D eigenvalue weighted by Crippen LogP contribution is 2.25. The third-order valence-electron chi connectivity index (χ3n) is 5.22. The maximum absolute atomic E-state index is 13.6. The van der Waals surface area contributed by atoms with Crippen LogP contribution in [0, 0.1) is 11.6 Å². The number of piperazine rings is 1. The van der Waals surface area contributed by atoms with Crippen LogP contribution in [0.15, 0.2) is 18.2 Å². The van der Waals surface area contributed by atoms with Gasteiger partial charge >= 0.3 is 0 Å². The molecule has 1 amide bonds. The largest absolute Gasteiger partial charge is 0.391 e. The molecule has 1 aromatic rings. The van der Waals surface area contributed by atoms with Gasteiger partial charge in [-0.1, -0.05) is 12.1 Å². The molecule has 24 heavy (non-hydrogen) atoms. The molecule has 3 rings (SSSR count). The topological polar surface area (TPSA) is 43.8 Å². The molecule has 1 saturated carbocycles. The Balaban J connectivity index is 1.48. The Morgan fingerprint density at radius 1 is 1.17 bits per heavy atom. The number of benzene rings is 1. The first-order valence-electron chi connectivity index (χ1n) is 8.69. The summed E-state index contributed by atoms with van der Waals surface area (Å²) in [4.78, 5) is 16.4. The van der Waals surface area contributed by atoms with Gasteiger partial charge in [0.2, 0.25) is 5.91 Å². The minimum absolute atomic E-state index is 0.0229. The summed E-state index contributed by atoms with van der Waals surface area (Å²) in [7, 11) is 0. The molecule has 0 spiro atoms. The zero-order valence-corrected chi connectivity index (χ0v) is 13.8. The molecular formula is C18H24F2N2O2. The number of halogens is 2. The molecule has 1 saturated heterocycles. The Labute approximate surface area is 141 Å². The van der Waals surface area contributed by atoms with Crippen molar-refractivity contribution in [3.63, 3.8) is 0 Å². The molecule has 4 nitrogen and oxygen atoms in total. The quantitative estimate of drug-likeness (QED) is 0.913. The minimum Gasteiger partial charge on any atom is -0.391 e. The lowest BCUT2D eigenvalue weighted by Crippen LogP contribution is -2.53. The summed E-state index contributed by atoms with van der Waals surface area (Å²) in [5.74, 6) is -1.75. The first-order chi connectivity index (χ1) is 11.6. The molecule has 1 heterocycles. The maximum Gasteiger partial charge on any atom is 0.222 e. The van der Waals surface area contributed by atoms with Gasteiger partial charge in [-0.05, 0) is 37.3 Å². The molecule has 0 unspecified atom stereocenters. The zero-order chi connectivity index (χ0) is 17.1. The number of hydrogen-bond acceptors (Lipinski definition) is 3. The number of carbonyl (C=O) groups excluding carboxylic acids is 1. The van der Waals surface area contributed by atoms with Crippen LogP contribution >= 0.6 is 0 Å². The number of aliphatic hydroxyl groups is 1. The molecule has 1 N–H and O–H groups in total. The predicted octanol–water partition coefficient (Wildman–Crippen LogP) is 1.95. The Morgan fingerprint density at radius 2 is 1.92 bits per heavy atom. The lowest BCUT2D eigenvalue weighted by Gasteiger charge is -2.39. The van der Waals surface area contributed by atoms with Crippen molar-refractivity contribution in [1.29, 1.82) is 0 Å². The van der Waals surface area contributed by atoms with Gasteiger partial charge in [-0.25, -0.2) is 8.78 Å². The number of rotatable bonds is 4. The summed E-state index contributed by atoms with van der Waals surface area (Å²) in [6.45, 7) is 2.80. The molecule has 132 valence electrons. The van der Waals surface area contributed by atoms with Crippen molar-refractivity contribution in [3.8, 4) is 0 Å². The Bertz CT molecular complexity index is 588. The van der Waals surface area contributed by atoms with Crippen LogP contribution in [0.3, 0.4) is 0 Å². The second kappa shape index (κ2) is 7.57. The van der Waals surface area contributed by atoms with Crippen molar-refractivity contribution in [1.82, 2.24) is 9.80 Å². The van der Waals surface area contributed by atoms with Crippen LogP contribution in [-0.4, -0.2) is 59.1 Å². The number of aliphatic hydroxyl groups excluding tert-OH is 1. The molecule has 1 aromatic carbocycles. The van der Waals surface area contributed by atoms with Crippen LogP contribution in [0.4, 0.5) is 8.78 Å². The molecule has 1 aliphatic carbocycles. The summed E-state index contributed by atoms with van der Waals surface area (Å²) in [6.07, 6.45) is 3.10. The van der Waals surface area contributed by atoms with E-state index < -0.39 is 11.6 Å². The van der Waals surface area contributed by atoms with E-state index in [-0.39, 0.29) is 36.5 Å². The molecule has 6 heteroatoms. The molecule has 0 aromatic heterocycles. The molecule has 2 fully saturated rings. The molecule has 0 radical (unpaired) electrons. The highest BCUT2D eigenvalue weighted by molar-refractivity contribution is 5.76. The first kappa shape index (κ1) is 17.3. The van der Waals surface area contributed by atoms with Crippen molar-refractivity contribution < 1.29 is 18.7 Å². The summed E-state index contributed by atoms with van der Waals surface area (Å²) in [5.41, 5.74) is 0.246. The number of hydrogen-bond donors (Lipinski definition) is 1. The predicted molar refractivity (Wildman–Crippen MR) is 86.5 cm³/mol. The van der Waals surface area contributed by atoms with E-state index in [9.17, 15) is 18.7 Å². The van der Waals surface area contributed by atoms with Crippen molar-refractivity contribution in [2.45, 2.75) is 44.2 Å². The van der Waals surface area contributed by atoms with E-state index >= 15 is 0 Å². The van der Waals surface area contributed by atoms with Gasteiger partial charge in [-0.15, -0.1) is 0 Å².